The maximum Gasteiger partial charge on any atom is 0.416 e. The second kappa shape index (κ2) is 9.28. The normalized spacial score (nSPS) is 15.6. The predicted octanol–water partition coefficient (Wildman–Crippen LogP) is 4.22. The number of benzene rings is 2. The van der Waals surface area contributed by atoms with Crippen molar-refractivity contribution in [3.63, 3.8) is 0 Å². The third-order valence-corrected chi connectivity index (χ3v) is 5.11. The Bertz CT molecular complexity index is 865. The molecule has 2 aromatic rings. The number of methoxy groups -OCH3 is 1. The first-order valence-corrected chi connectivity index (χ1v) is 9.84. The molecule has 0 aromatic heterocycles. The van der Waals surface area contributed by atoms with Gasteiger partial charge in [-0.25, -0.2) is 0 Å². The van der Waals surface area contributed by atoms with E-state index in [2.05, 4.69) is 0 Å². The number of ether oxygens (including phenoxy) is 2. The Hall–Kier alpha value is -2.90. The lowest BCUT2D eigenvalue weighted by atomic mass is 10.1. The molecule has 1 saturated heterocycles. The second-order valence-electron chi connectivity index (χ2n) is 7.03. The summed E-state index contributed by atoms with van der Waals surface area (Å²) in [5.41, 5.74) is -0.163. The zero-order chi connectivity index (χ0) is 21.7. The molecule has 30 heavy (non-hydrogen) atoms. The zero-order valence-electron chi connectivity index (χ0n) is 17.0. The molecule has 162 valence electrons. The summed E-state index contributed by atoms with van der Waals surface area (Å²) < 4.78 is 50.1. The summed E-state index contributed by atoms with van der Waals surface area (Å²) in [7, 11) is 1.54. The van der Waals surface area contributed by atoms with Crippen LogP contribution < -0.4 is 14.4 Å². The van der Waals surface area contributed by atoms with Crippen molar-refractivity contribution in [2.45, 2.75) is 25.6 Å². The Balaban J connectivity index is 1.63. The van der Waals surface area contributed by atoms with Crippen molar-refractivity contribution in [2.24, 2.45) is 0 Å². The molecule has 0 saturated carbocycles. The van der Waals surface area contributed by atoms with Crippen molar-refractivity contribution in [3.8, 4) is 11.5 Å². The maximum atomic E-state index is 13.0. The van der Waals surface area contributed by atoms with Crippen molar-refractivity contribution < 1.29 is 27.4 Å². The van der Waals surface area contributed by atoms with Gasteiger partial charge in [-0.15, -0.1) is 0 Å². The SMILES string of the molecule is CC[C@@H](Oc1ccccc1OC)C(=O)N1CCN(c2cccc(C(F)(F)F)c2)CC1. The molecule has 5 nitrogen and oxygen atoms in total. The van der Waals surface area contributed by atoms with E-state index in [0.717, 1.165) is 12.1 Å². The molecule has 1 aliphatic rings. The number of rotatable bonds is 6. The smallest absolute Gasteiger partial charge is 0.416 e. The number of carbonyl (C=O) groups is 1. The van der Waals surface area contributed by atoms with E-state index in [1.807, 2.05) is 24.0 Å². The number of hydrogen-bond donors (Lipinski definition) is 0. The molecule has 0 spiro atoms. The van der Waals surface area contributed by atoms with E-state index < -0.39 is 17.8 Å². The number of nitrogens with zero attached hydrogens (tertiary/aromatic N) is 2. The van der Waals surface area contributed by atoms with Crippen molar-refractivity contribution in [2.75, 3.05) is 38.2 Å². The summed E-state index contributed by atoms with van der Waals surface area (Å²) >= 11 is 0. The van der Waals surface area contributed by atoms with Crippen LogP contribution in [0.15, 0.2) is 48.5 Å². The van der Waals surface area contributed by atoms with Gasteiger partial charge in [0, 0.05) is 31.9 Å². The van der Waals surface area contributed by atoms with Crippen molar-refractivity contribution in [1.82, 2.24) is 4.90 Å². The topological polar surface area (TPSA) is 42.0 Å². The highest BCUT2D eigenvalue weighted by Gasteiger charge is 2.32. The summed E-state index contributed by atoms with van der Waals surface area (Å²) in [5.74, 6) is 0.924. The molecule has 1 fully saturated rings. The van der Waals surface area contributed by atoms with Crippen molar-refractivity contribution >= 4 is 11.6 Å². The molecule has 1 amide bonds. The first kappa shape index (κ1) is 21.8. The number of halogens is 3. The van der Waals surface area contributed by atoms with Gasteiger partial charge in [0.05, 0.1) is 12.7 Å². The van der Waals surface area contributed by atoms with E-state index in [0.29, 0.717) is 49.8 Å². The van der Waals surface area contributed by atoms with Gasteiger partial charge in [-0.3, -0.25) is 4.79 Å². The van der Waals surface area contributed by atoms with Gasteiger partial charge in [-0.2, -0.15) is 13.2 Å². The molecule has 0 N–H and O–H groups in total. The van der Waals surface area contributed by atoms with E-state index in [-0.39, 0.29) is 5.91 Å². The van der Waals surface area contributed by atoms with Gasteiger partial charge in [-0.05, 0) is 36.8 Å². The quantitative estimate of drug-likeness (QED) is 0.699. The van der Waals surface area contributed by atoms with E-state index >= 15 is 0 Å². The first-order valence-electron chi connectivity index (χ1n) is 9.84. The van der Waals surface area contributed by atoms with Crippen molar-refractivity contribution in [3.05, 3.63) is 54.1 Å². The molecule has 3 rings (SSSR count). The van der Waals surface area contributed by atoms with Gasteiger partial charge in [-0.1, -0.05) is 25.1 Å². The van der Waals surface area contributed by atoms with E-state index in [4.69, 9.17) is 9.47 Å². The van der Waals surface area contributed by atoms with Crippen LogP contribution >= 0.6 is 0 Å². The number of anilines is 1. The summed E-state index contributed by atoms with van der Waals surface area (Å²) in [5, 5.41) is 0. The van der Waals surface area contributed by atoms with E-state index in [1.54, 1.807) is 23.1 Å². The van der Waals surface area contributed by atoms with Gasteiger partial charge < -0.3 is 19.3 Å². The Morgan fingerprint density at radius 1 is 1.03 bits per heavy atom. The summed E-state index contributed by atoms with van der Waals surface area (Å²) in [6, 6.07) is 12.4. The van der Waals surface area contributed by atoms with Gasteiger partial charge in [0.1, 0.15) is 0 Å². The van der Waals surface area contributed by atoms with Crippen LogP contribution in [0, 0.1) is 0 Å². The van der Waals surface area contributed by atoms with Crippen LogP contribution in [0.25, 0.3) is 0 Å². The molecule has 0 radical (unpaired) electrons. The third-order valence-electron chi connectivity index (χ3n) is 5.11. The second-order valence-corrected chi connectivity index (χ2v) is 7.03. The van der Waals surface area contributed by atoms with Gasteiger partial charge >= 0.3 is 6.18 Å². The Labute approximate surface area is 174 Å². The number of piperazine rings is 1. The van der Waals surface area contributed by atoms with Crippen LogP contribution in [-0.4, -0.2) is 50.2 Å². The highest BCUT2D eigenvalue weighted by Crippen LogP contribution is 2.32. The molecule has 2 aromatic carbocycles. The molecule has 1 atom stereocenters. The molecular weight excluding hydrogens is 397 g/mol. The van der Waals surface area contributed by atoms with Gasteiger partial charge in [0.15, 0.2) is 17.6 Å². The van der Waals surface area contributed by atoms with Crippen LogP contribution in [0.4, 0.5) is 18.9 Å². The minimum Gasteiger partial charge on any atom is -0.493 e. The Morgan fingerprint density at radius 3 is 2.30 bits per heavy atom. The minimum absolute atomic E-state index is 0.132. The lowest BCUT2D eigenvalue weighted by molar-refractivity contribution is -0.139. The number of para-hydroxylation sites is 2. The minimum atomic E-state index is -4.38. The fourth-order valence-electron chi connectivity index (χ4n) is 3.45. The molecule has 1 heterocycles. The number of alkyl halides is 3. The fourth-order valence-corrected chi connectivity index (χ4v) is 3.45. The Kier molecular flexibility index (Phi) is 6.74. The summed E-state index contributed by atoms with van der Waals surface area (Å²) in [6.07, 6.45) is -4.54. The monoisotopic (exact) mass is 422 g/mol. The largest absolute Gasteiger partial charge is 0.493 e. The van der Waals surface area contributed by atoms with Gasteiger partial charge in [0.2, 0.25) is 0 Å². The molecule has 0 bridgehead atoms. The summed E-state index contributed by atoms with van der Waals surface area (Å²) in [6.45, 7) is 3.62. The van der Waals surface area contributed by atoms with Crippen molar-refractivity contribution in [1.29, 1.82) is 0 Å². The molecular formula is C22H25F3N2O3. The van der Waals surface area contributed by atoms with Gasteiger partial charge in [0.25, 0.3) is 5.91 Å². The lowest BCUT2D eigenvalue weighted by Crippen LogP contribution is -2.52. The number of hydrogen-bond acceptors (Lipinski definition) is 4. The van der Waals surface area contributed by atoms with Crippen LogP contribution in [0.2, 0.25) is 0 Å². The number of amides is 1. The zero-order valence-corrected chi connectivity index (χ0v) is 17.0. The lowest BCUT2D eigenvalue weighted by Gasteiger charge is -2.37. The molecule has 1 aliphatic heterocycles. The third kappa shape index (κ3) is 4.98. The standard InChI is InChI=1S/C22H25F3N2O3/c1-3-18(30-20-10-5-4-9-19(20)29-2)21(28)27-13-11-26(12-14-27)17-8-6-7-16(15-17)22(23,24)25/h4-10,15,18H,3,11-14H2,1-2H3/t18-/m1/s1. The fraction of sp³-hybridized carbons (Fsp3) is 0.409. The van der Waals surface area contributed by atoms with Crippen LogP contribution in [0.1, 0.15) is 18.9 Å². The number of carbonyl (C=O) groups excluding carboxylic acids is 1. The van der Waals surface area contributed by atoms with Crippen LogP contribution in [0.5, 0.6) is 11.5 Å². The first-order chi connectivity index (χ1) is 14.3. The predicted molar refractivity (Wildman–Crippen MR) is 108 cm³/mol. The van der Waals surface area contributed by atoms with E-state index in [1.165, 1.54) is 13.2 Å². The molecule has 8 heteroatoms. The Morgan fingerprint density at radius 2 is 1.70 bits per heavy atom. The highest BCUT2D eigenvalue weighted by atomic mass is 19.4. The summed E-state index contributed by atoms with van der Waals surface area (Å²) in [4.78, 5) is 16.5. The van der Waals surface area contributed by atoms with Crippen LogP contribution in [-0.2, 0) is 11.0 Å². The van der Waals surface area contributed by atoms with Crippen LogP contribution in [0.3, 0.4) is 0 Å². The molecule has 0 unspecified atom stereocenters. The average molecular weight is 422 g/mol. The maximum absolute atomic E-state index is 13.0. The average Bonchev–Trinajstić information content (AvgIpc) is 2.77. The highest BCUT2D eigenvalue weighted by molar-refractivity contribution is 5.81. The molecule has 0 aliphatic carbocycles. The van der Waals surface area contributed by atoms with E-state index in [9.17, 15) is 18.0 Å².